The number of carbonyl (C=O) groups excluding carboxylic acids is 3. The molecule has 1 saturated carbocycles. The number of piperazine rings is 1. The van der Waals surface area contributed by atoms with E-state index < -0.39 is 5.60 Å². The van der Waals surface area contributed by atoms with Gasteiger partial charge in [-0.15, -0.1) is 0 Å². The number of ether oxygens (including phenoxy) is 1. The van der Waals surface area contributed by atoms with E-state index in [1.807, 2.05) is 16.7 Å². The Kier molecular flexibility index (Phi) is 3.31. The predicted molar refractivity (Wildman–Crippen MR) is 100 cm³/mol. The maximum Gasteiger partial charge on any atom is 0.411 e. The first-order valence-corrected chi connectivity index (χ1v) is 10.0. The number of amides is 3. The summed E-state index contributed by atoms with van der Waals surface area (Å²) in [6.45, 7) is 2.18. The van der Waals surface area contributed by atoms with Crippen molar-refractivity contribution in [1.82, 2.24) is 24.1 Å². The number of imidazole rings is 1. The fourth-order valence-corrected chi connectivity index (χ4v) is 4.79. The number of rotatable bonds is 2. The number of fused-ring (bicyclic) bond motifs is 3. The van der Waals surface area contributed by atoms with Crippen LogP contribution in [0.1, 0.15) is 23.2 Å². The Morgan fingerprint density at radius 3 is 2.76 bits per heavy atom. The fraction of sp³-hybridized carbons (Fsp3) is 0.500. The van der Waals surface area contributed by atoms with E-state index in [0.29, 0.717) is 38.3 Å². The Bertz CT molecular complexity index is 1040. The van der Waals surface area contributed by atoms with Crippen LogP contribution in [0.2, 0.25) is 0 Å². The van der Waals surface area contributed by atoms with E-state index in [2.05, 4.69) is 4.98 Å². The van der Waals surface area contributed by atoms with Gasteiger partial charge in [-0.2, -0.15) is 0 Å². The van der Waals surface area contributed by atoms with Crippen LogP contribution in [0.15, 0.2) is 30.7 Å². The van der Waals surface area contributed by atoms with E-state index in [1.165, 1.54) is 0 Å². The van der Waals surface area contributed by atoms with Gasteiger partial charge in [-0.1, -0.05) is 0 Å². The molecule has 6 rings (SSSR count). The van der Waals surface area contributed by atoms with Gasteiger partial charge in [0.1, 0.15) is 5.65 Å². The van der Waals surface area contributed by atoms with Crippen molar-refractivity contribution < 1.29 is 19.1 Å². The largest absolute Gasteiger partial charge is 0.437 e. The highest BCUT2D eigenvalue weighted by atomic mass is 16.6. The number of aromatic nitrogens is 2. The van der Waals surface area contributed by atoms with E-state index in [9.17, 15) is 14.4 Å². The van der Waals surface area contributed by atoms with Gasteiger partial charge in [-0.05, 0) is 25.0 Å². The SMILES string of the molecule is O=C(c1ccc2nccn2c1)N1CCN2C(=O)OC3(CN(C(=O)C4CC4)C3)C2C1. The first-order chi connectivity index (χ1) is 14.0. The van der Waals surface area contributed by atoms with Crippen LogP contribution >= 0.6 is 0 Å². The molecule has 4 aliphatic rings. The van der Waals surface area contributed by atoms with Gasteiger partial charge in [-0.3, -0.25) is 14.5 Å². The van der Waals surface area contributed by atoms with Crippen LogP contribution in [0, 0.1) is 5.92 Å². The molecule has 4 fully saturated rings. The molecule has 2 aromatic rings. The van der Waals surface area contributed by atoms with Gasteiger partial charge in [0.15, 0.2) is 5.60 Å². The van der Waals surface area contributed by atoms with Crippen molar-refractivity contribution >= 4 is 23.6 Å². The molecule has 150 valence electrons. The third-order valence-corrected chi connectivity index (χ3v) is 6.59. The summed E-state index contributed by atoms with van der Waals surface area (Å²) < 4.78 is 7.56. The van der Waals surface area contributed by atoms with Crippen LogP contribution in [0.3, 0.4) is 0 Å². The van der Waals surface area contributed by atoms with Crippen molar-refractivity contribution in [1.29, 1.82) is 0 Å². The molecule has 9 nitrogen and oxygen atoms in total. The third kappa shape index (κ3) is 2.46. The van der Waals surface area contributed by atoms with E-state index in [-0.39, 0.29) is 29.9 Å². The fourth-order valence-electron chi connectivity index (χ4n) is 4.79. The van der Waals surface area contributed by atoms with Crippen LogP contribution < -0.4 is 0 Å². The summed E-state index contributed by atoms with van der Waals surface area (Å²) in [6, 6.07) is 3.39. The Labute approximate surface area is 166 Å². The van der Waals surface area contributed by atoms with E-state index >= 15 is 0 Å². The van der Waals surface area contributed by atoms with E-state index in [1.54, 1.807) is 33.2 Å². The van der Waals surface area contributed by atoms with Gasteiger partial charge >= 0.3 is 6.09 Å². The van der Waals surface area contributed by atoms with Gasteiger partial charge in [-0.25, -0.2) is 9.78 Å². The smallest absolute Gasteiger partial charge is 0.411 e. The molecule has 0 radical (unpaired) electrons. The Morgan fingerprint density at radius 1 is 1.14 bits per heavy atom. The third-order valence-electron chi connectivity index (χ3n) is 6.59. The van der Waals surface area contributed by atoms with Crippen molar-refractivity contribution in [2.24, 2.45) is 5.92 Å². The highest BCUT2D eigenvalue weighted by Gasteiger charge is 2.63. The van der Waals surface area contributed by atoms with Crippen LogP contribution in [0.5, 0.6) is 0 Å². The second-order valence-electron chi connectivity index (χ2n) is 8.47. The van der Waals surface area contributed by atoms with Gasteiger partial charge < -0.3 is 18.9 Å². The maximum absolute atomic E-state index is 13.1. The second kappa shape index (κ2) is 5.71. The van der Waals surface area contributed by atoms with Crippen LogP contribution in [-0.2, 0) is 9.53 Å². The van der Waals surface area contributed by atoms with Crippen LogP contribution in [0.25, 0.3) is 5.65 Å². The van der Waals surface area contributed by atoms with Crippen molar-refractivity contribution in [3.63, 3.8) is 0 Å². The first kappa shape index (κ1) is 16.8. The number of hydrogen-bond donors (Lipinski definition) is 0. The maximum atomic E-state index is 13.1. The summed E-state index contributed by atoms with van der Waals surface area (Å²) in [5.74, 6) is 0.255. The molecule has 1 spiro atoms. The summed E-state index contributed by atoms with van der Waals surface area (Å²) in [5.41, 5.74) is 0.687. The summed E-state index contributed by atoms with van der Waals surface area (Å²) in [7, 11) is 0. The van der Waals surface area contributed by atoms with Gasteiger partial charge in [0.2, 0.25) is 5.91 Å². The normalized spacial score (nSPS) is 25.2. The number of likely N-dealkylation sites (tertiary alicyclic amines) is 1. The minimum absolute atomic E-state index is 0.0695. The molecule has 2 aromatic heterocycles. The second-order valence-corrected chi connectivity index (χ2v) is 8.47. The molecule has 5 heterocycles. The lowest BCUT2D eigenvalue weighted by molar-refractivity contribution is -0.156. The Balaban J connectivity index is 1.21. The molecular weight excluding hydrogens is 374 g/mol. The number of hydrogen-bond acceptors (Lipinski definition) is 5. The molecule has 0 aromatic carbocycles. The minimum Gasteiger partial charge on any atom is -0.437 e. The predicted octanol–water partition coefficient (Wildman–Crippen LogP) is 0.602. The topological polar surface area (TPSA) is 87.5 Å². The number of carbonyl (C=O) groups is 3. The number of nitrogens with zero attached hydrogens (tertiary/aromatic N) is 5. The standard InChI is InChI=1S/C20H21N5O4/c26-17(13-1-2-13)24-11-20(12-24)15-10-23(7-8-25(15)19(28)29-20)18(27)14-3-4-16-21-5-6-22(16)9-14/h3-6,9,13,15H,1-2,7-8,10-12H2. The number of pyridine rings is 1. The molecule has 3 amide bonds. The lowest BCUT2D eigenvalue weighted by Gasteiger charge is -2.51. The van der Waals surface area contributed by atoms with Crippen molar-refractivity contribution in [3.05, 3.63) is 36.3 Å². The highest BCUT2D eigenvalue weighted by molar-refractivity contribution is 5.94. The Hall–Kier alpha value is -3.10. The molecule has 29 heavy (non-hydrogen) atoms. The molecular formula is C20H21N5O4. The average Bonchev–Trinajstić information content (AvgIpc) is 3.38. The lowest BCUT2D eigenvalue weighted by Crippen LogP contribution is -2.72. The van der Waals surface area contributed by atoms with Gasteiger partial charge in [0.25, 0.3) is 5.91 Å². The molecule has 0 N–H and O–H groups in total. The summed E-state index contributed by atoms with van der Waals surface area (Å²) in [4.78, 5) is 47.3. The molecule has 9 heteroatoms. The molecule has 1 aliphatic carbocycles. The van der Waals surface area contributed by atoms with E-state index in [0.717, 1.165) is 18.5 Å². The summed E-state index contributed by atoms with van der Waals surface area (Å²) >= 11 is 0. The van der Waals surface area contributed by atoms with Crippen molar-refractivity contribution in [2.75, 3.05) is 32.7 Å². The lowest BCUT2D eigenvalue weighted by atomic mass is 9.84. The van der Waals surface area contributed by atoms with Crippen molar-refractivity contribution in [2.45, 2.75) is 24.5 Å². The van der Waals surface area contributed by atoms with E-state index in [4.69, 9.17) is 4.74 Å². The zero-order valence-electron chi connectivity index (χ0n) is 15.9. The van der Waals surface area contributed by atoms with Gasteiger partial charge in [0, 0.05) is 44.1 Å². The van der Waals surface area contributed by atoms with Crippen LogP contribution in [-0.4, -0.2) is 86.4 Å². The zero-order valence-corrected chi connectivity index (χ0v) is 15.9. The molecule has 1 atom stereocenters. The molecule has 1 unspecified atom stereocenters. The van der Waals surface area contributed by atoms with Gasteiger partial charge in [0.05, 0.1) is 24.7 Å². The zero-order chi connectivity index (χ0) is 19.8. The highest BCUT2D eigenvalue weighted by Crippen LogP contribution is 2.42. The Morgan fingerprint density at radius 2 is 1.97 bits per heavy atom. The quantitative estimate of drug-likeness (QED) is 0.743. The minimum atomic E-state index is -0.686. The monoisotopic (exact) mass is 395 g/mol. The summed E-state index contributed by atoms with van der Waals surface area (Å²) in [6.07, 6.45) is 6.87. The molecule has 3 aliphatic heterocycles. The van der Waals surface area contributed by atoms with Crippen LogP contribution in [0.4, 0.5) is 4.79 Å². The first-order valence-electron chi connectivity index (χ1n) is 10.0. The summed E-state index contributed by atoms with van der Waals surface area (Å²) in [5, 5.41) is 0. The van der Waals surface area contributed by atoms with Crippen molar-refractivity contribution in [3.8, 4) is 0 Å². The molecule has 3 saturated heterocycles. The average molecular weight is 395 g/mol. The molecule has 0 bridgehead atoms.